The fourth-order valence-corrected chi connectivity index (χ4v) is 3.20. The number of halogens is 2. The van der Waals surface area contributed by atoms with E-state index in [4.69, 9.17) is 4.74 Å². The van der Waals surface area contributed by atoms with Crippen molar-refractivity contribution >= 4 is 40.3 Å². The first-order valence-corrected chi connectivity index (χ1v) is 9.78. The molecule has 0 aliphatic carbocycles. The molecule has 6 heteroatoms. The van der Waals surface area contributed by atoms with Crippen LogP contribution in [0.1, 0.15) is 11.1 Å². The molecule has 29 heavy (non-hydrogen) atoms. The molecular formula is C23H16FIN2O2. The average molecular weight is 498 g/mol. The van der Waals surface area contributed by atoms with Gasteiger partial charge in [-0.3, -0.25) is 4.79 Å². The fourth-order valence-electron chi connectivity index (χ4n) is 2.50. The predicted octanol–water partition coefficient (Wildman–Crippen LogP) is 5.55. The van der Waals surface area contributed by atoms with Gasteiger partial charge in [0.25, 0.3) is 5.91 Å². The summed E-state index contributed by atoms with van der Waals surface area (Å²) >= 11 is 2.13. The fraction of sp³-hybridized carbons (Fsp3) is 0.0435. The lowest BCUT2D eigenvalue weighted by molar-refractivity contribution is -0.112. The third-order valence-corrected chi connectivity index (χ3v) is 4.81. The first-order valence-electron chi connectivity index (χ1n) is 8.70. The van der Waals surface area contributed by atoms with E-state index in [0.29, 0.717) is 23.6 Å². The standard InChI is InChI=1S/C23H16FIN2O2/c24-19-9-6-16(7-10-19)15-29-22-11-8-17(13-21(22)25)12-18(14-26)23(28)27-20-4-2-1-3-5-20/h1-13H,15H2,(H,27,28)/b18-12-. The Kier molecular flexibility index (Phi) is 6.98. The van der Waals surface area contributed by atoms with Crippen molar-refractivity contribution in [3.63, 3.8) is 0 Å². The second kappa shape index (κ2) is 9.85. The van der Waals surface area contributed by atoms with Crippen molar-refractivity contribution in [2.75, 3.05) is 5.32 Å². The summed E-state index contributed by atoms with van der Waals surface area (Å²) in [5.41, 5.74) is 2.20. The Bertz CT molecular complexity index is 1070. The molecule has 0 aliphatic rings. The average Bonchev–Trinajstić information content (AvgIpc) is 2.73. The van der Waals surface area contributed by atoms with Crippen LogP contribution in [0, 0.1) is 20.7 Å². The molecule has 0 saturated heterocycles. The van der Waals surface area contributed by atoms with E-state index >= 15 is 0 Å². The SMILES string of the molecule is N#C/C(=C/c1ccc(OCc2ccc(F)cc2)c(I)c1)C(=O)Nc1ccccc1. The van der Waals surface area contributed by atoms with Gasteiger partial charge in [-0.15, -0.1) is 0 Å². The van der Waals surface area contributed by atoms with Gasteiger partial charge in [-0.25, -0.2) is 4.39 Å². The van der Waals surface area contributed by atoms with E-state index in [2.05, 4.69) is 27.9 Å². The lowest BCUT2D eigenvalue weighted by atomic mass is 10.1. The number of carbonyl (C=O) groups is 1. The van der Waals surface area contributed by atoms with Crippen molar-refractivity contribution in [2.24, 2.45) is 0 Å². The predicted molar refractivity (Wildman–Crippen MR) is 119 cm³/mol. The summed E-state index contributed by atoms with van der Waals surface area (Å²) in [7, 11) is 0. The van der Waals surface area contributed by atoms with Crippen molar-refractivity contribution in [3.8, 4) is 11.8 Å². The Balaban J connectivity index is 1.70. The molecule has 1 amide bonds. The molecule has 4 nitrogen and oxygen atoms in total. The highest BCUT2D eigenvalue weighted by molar-refractivity contribution is 14.1. The second-order valence-electron chi connectivity index (χ2n) is 6.09. The van der Waals surface area contributed by atoms with Crippen LogP contribution in [0.15, 0.2) is 78.4 Å². The summed E-state index contributed by atoms with van der Waals surface area (Å²) in [4.78, 5) is 12.3. The van der Waals surface area contributed by atoms with Crippen LogP contribution >= 0.6 is 22.6 Å². The van der Waals surface area contributed by atoms with Gasteiger partial charge in [0, 0.05) is 5.69 Å². The Hall–Kier alpha value is -3.18. The summed E-state index contributed by atoms with van der Waals surface area (Å²) < 4.78 is 19.6. The minimum Gasteiger partial charge on any atom is -0.488 e. The molecule has 3 aromatic carbocycles. The van der Waals surface area contributed by atoms with Gasteiger partial charge in [0.15, 0.2) is 0 Å². The largest absolute Gasteiger partial charge is 0.488 e. The lowest BCUT2D eigenvalue weighted by Crippen LogP contribution is -2.13. The number of carbonyl (C=O) groups excluding carboxylic acids is 1. The topological polar surface area (TPSA) is 62.1 Å². The van der Waals surface area contributed by atoms with Crippen LogP contribution < -0.4 is 10.1 Å². The molecular weight excluding hydrogens is 482 g/mol. The molecule has 0 unspecified atom stereocenters. The van der Waals surface area contributed by atoms with Crippen LogP contribution in [0.5, 0.6) is 5.75 Å². The van der Waals surface area contributed by atoms with Crippen LogP contribution in [-0.2, 0) is 11.4 Å². The van der Waals surface area contributed by atoms with Crippen LogP contribution in [0.25, 0.3) is 6.08 Å². The zero-order valence-electron chi connectivity index (χ0n) is 15.2. The van der Waals surface area contributed by atoms with Gasteiger partial charge >= 0.3 is 0 Å². The van der Waals surface area contributed by atoms with Crippen LogP contribution in [0.3, 0.4) is 0 Å². The van der Waals surface area contributed by atoms with Gasteiger partial charge in [0.2, 0.25) is 0 Å². The van der Waals surface area contributed by atoms with Crippen molar-refractivity contribution in [1.82, 2.24) is 0 Å². The number of para-hydroxylation sites is 1. The number of hydrogen-bond acceptors (Lipinski definition) is 3. The monoisotopic (exact) mass is 498 g/mol. The van der Waals surface area contributed by atoms with Gasteiger partial charge in [-0.05, 0) is 76.2 Å². The summed E-state index contributed by atoms with van der Waals surface area (Å²) in [6.45, 7) is 0.314. The molecule has 0 spiro atoms. The maximum absolute atomic E-state index is 13.0. The van der Waals surface area contributed by atoms with E-state index in [9.17, 15) is 14.4 Å². The Morgan fingerprint density at radius 3 is 2.48 bits per heavy atom. The molecule has 144 valence electrons. The molecule has 1 N–H and O–H groups in total. The van der Waals surface area contributed by atoms with Gasteiger partial charge < -0.3 is 10.1 Å². The summed E-state index contributed by atoms with van der Waals surface area (Å²) in [6.07, 6.45) is 1.53. The molecule has 0 fully saturated rings. The third kappa shape index (κ3) is 5.90. The van der Waals surface area contributed by atoms with E-state index in [-0.39, 0.29) is 11.4 Å². The minimum atomic E-state index is -0.467. The number of amides is 1. The summed E-state index contributed by atoms with van der Waals surface area (Å²) in [6, 6.07) is 22.4. The zero-order chi connectivity index (χ0) is 20.6. The van der Waals surface area contributed by atoms with Crippen LogP contribution in [0.4, 0.5) is 10.1 Å². The highest BCUT2D eigenvalue weighted by Crippen LogP contribution is 2.24. The zero-order valence-corrected chi connectivity index (χ0v) is 17.4. The van der Waals surface area contributed by atoms with Gasteiger partial charge in [-0.1, -0.05) is 36.4 Å². The number of nitrogens with zero attached hydrogens (tertiary/aromatic N) is 1. The van der Waals surface area contributed by atoms with Crippen molar-refractivity contribution in [2.45, 2.75) is 6.61 Å². The summed E-state index contributed by atoms with van der Waals surface area (Å²) in [5, 5.41) is 12.1. The number of ether oxygens (including phenoxy) is 1. The highest BCUT2D eigenvalue weighted by atomic mass is 127. The number of nitriles is 1. The molecule has 0 saturated carbocycles. The Morgan fingerprint density at radius 2 is 1.83 bits per heavy atom. The number of hydrogen-bond donors (Lipinski definition) is 1. The van der Waals surface area contributed by atoms with Crippen LogP contribution in [-0.4, -0.2) is 5.91 Å². The number of anilines is 1. The normalized spacial score (nSPS) is 10.9. The minimum absolute atomic E-state index is 0.00429. The Labute approximate surface area is 181 Å². The van der Waals surface area contributed by atoms with Crippen LogP contribution in [0.2, 0.25) is 0 Å². The smallest absolute Gasteiger partial charge is 0.266 e. The molecule has 0 aromatic heterocycles. The van der Waals surface area contributed by atoms with Crippen molar-refractivity contribution in [3.05, 3.63) is 98.9 Å². The first-order chi connectivity index (χ1) is 14.0. The lowest BCUT2D eigenvalue weighted by Gasteiger charge is -2.09. The molecule has 0 heterocycles. The van der Waals surface area contributed by atoms with Crippen molar-refractivity contribution in [1.29, 1.82) is 5.26 Å². The number of rotatable bonds is 6. The van der Waals surface area contributed by atoms with E-state index in [1.165, 1.54) is 18.2 Å². The first kappa shape index (κ1) is 20.6. The highest BCUT2D eigenvalue weighted by Gasteiger charge is 2.10. The molecule has 0 radical (unpaired) electrons. The maximum atomic E-state index is 13.0. The number of benzene rings is 3. The molecule has 3 aromatic rings. The van der Waals surface area contributed by atoms with E-state index < -0.39 is 5.91 Å². The van der Waals surface area contributed by atoms with E-state index in [1.54, 1.807) is 48.5 Å². The second-order valence-corrected chi connectivity index (χ2v) is 7.26. The van der Waals surface area contributed by atoms with E-state index in [1.807, 2.05) is 18.2 Å². The Morgan fingerprint density at radius 1 is 1.10 bits per heavy atom. The molecule has 3 rings (SSSR count). The van der Waals surface area contributed by atoms with Gasteiger partial charge in [0.1, 0.15) is 29.8 Å². The molecule has 0 bridgehead atoms. The molecule has 0 atom stereocenters. The third-order valence-electron chi connectivity index (χ3n) is 3.97. The van der Waals surface area contributed by atoms with Crippen molar-refractivity contribution < 1.29 is 13.9 Å². The quantitative estimate of drug-likeness (QED) is 0.275. The maximum Gasteiger partial charge on any atom is 0.266 e. The van der Waals surface area contributed by atoms with Gasteiger partial charge in [-0.2, -0.15) is 5.26 Å². The summed E-state index contributed by atoms with van der Waals surface area (Å²) in [5.74, 6) is -0.0891. The van der Waals surface area contributed by atoms with Gasteiger partial charge in [0.05, 0.1) is 3.57 Å². The number of nitrogens with one attached hydrogen (secondary N) is 1. The molecule has 0 aliphatic heterocycles. The van der Waals surface area contributed by atoms with E-state index in [0.717, 1.165) is 9.13 Å².